The number of benzene rings is 2. The summed E-state index contributed by atoms with van der Waals surface area (Å²) in [5.41, 5.74) is 4.35. The van der Waals surface area contributed by atoms with Gasteiger partial charge >= 0.3 is 0 Å². The van der Waals surface area contributed by atoms with Crippen molar-refractivity contribution in [2.45, 2.75) is 19.9 Å². The minimum Gasteiger partial charge on any atom is -0.494 e. The molecule has 1 amide bonds. The minimum atomic E-state index is -0.274. The van der Waals surface area contributed by atoms with E-state index in [0.29, 0.717) is 12.2 Å². The van der Waals surface area contributed by atoms with Crippen LogP contribution in [0.3, 0.4) is 0 Å². The molecule has 0 aliphatic carbocycles. The number of aromatic nitrogens is 2. The van der Waals surface area contributed by atoms with Crippen LogP contribution < -0.4 is 15.4 Å². The van der Waals surface area contributed by atoms with Crippen LogP contribution in [0, 0.1) is 0 Å². The number of fused-ring (bicyclic) bond motifs is 3. The Bertz CT molecular complexity index is 1030. The highest BCUT2D eigenvalue weighted by atomic mass is 16.5. The van der Waals surface area contributed by atoms with E-state index in [9.17, 15) is 4.79 Å². The first-order valence-corrected chi connectivity index (χ1v) is 9.03. The van der Waals surface area contributed by atoms with Gasteiger partial charge in [-0.2, -0.15) is 0 Å². The highest BCUT2D eigenvalue weighted by Crippen LogP contribution is 2.39. The number of carbonyl (C=O) groups excluding carboxylic acids is 1. The van der Waals surface area contributed by atoms with Crippen LogP contribution in [0.4, 0.5) is 5.95 Å². The molecule has 6 nitrogen and oxygen atoms in total. The Labute approximate surface area is 157 Å². The van der Waals surface area contributed by atoms with Crippen LogP contribution in [0.5, 0.6) is 5.75 Å². The van der Waals surface area contributed by atoms with E-state index in [1.54, 1.807) is 7.05 Å². The molecule has 4 rings (SSSR count). The Morgan fingerprint density at radius 1 is 1.22 bits per heavy atom. The lowest BCUT2D eigenvalue weighted by Gasteiger charge is -2.30. The summed E-state index contributed by atoms with van der Waals surface area (Å²) in [4.78, 5) is 17.4. The largest absolute Gasteiger partial charge is 0.494 e. The number of likely N-dealkylation sites (N-methyl/N-ethyl adjacent to an activating group) is 1. The van der Waals surface area contributed by atoms with Crippen molar-refractivity contribution >= 4 is 22.9 Å². The van der Waals surface area contributed by atoms with Crippen LogP contribution in [-0.4, -0.2) is 29.1 Å². The van der Waals surface area contributed by atoms with E-state index < -0.39 is 0 Å². The average molecular weight is 362 g/mol. The van der Waals surface area contributed by atoms with Crippen LogP contribution >= 0.6 is 0 Å². The molecule has 6 heteroatoms. The molecule has 2 N–H and O–H groups in total. The van der Waals surface area contributed by atoms with Crippen LogP contribution in [0.1, 0.15) is 25.5 Å². The number of para-hydroxylation sites is 2. The summed E-state index contributed by atoms with van der Waals surface area (Å²) in [5, 5.41) is 6.06. The van der Waals surface area contributed by atoms with Crippen molar-refractivity contribution < 1.29 is 9.53 Å². The summed E-state index contributed by atoms with van der Waals surface area (Å²) in [6.45, 7) is 4.49. The summed E-state index contributed by atoms with van der Waals surface area (Å²) in [6.07, 6.45) is 0. The Hall–Kier alpha value is -3.28. The SMILES string of the molecule is CCOc1ccc([C@H]2C(C(=O)NC)=C(C)Nc3nc4ccccc4n32)cc1. The third kappa shape index (κ3) is 2.83. The molecule has 1 aliphatic heterocycles. The van der Waals surface area contributed by atoms with Gasteiger partial charge in [0.1, 0.15) is 5.75 Å². The molecule has 0 fully saturated rings. The molecule has 3 aromatic rings. The first-order valence-electron chi connectivity index (χ1n) is 9.03. The fourth-order valence-corrected chi connectivity index (χ4v) is 3.62. The molecule has 2 heterocycles. The van der Waals surface area contributed by atoms with E-state index >= 15 is 0 Å². The number of amides is 1. The third-order valence-electron chi connectivity index (χ3n) is 4.81. The highest BCUT2D eigenvalue weighted by Gasteiger charge is 2.33. The third-order valence-corrected chi connectivity index (χ3v) is 4.81. The number of hydrogen-bond donors (Lipinski definition) is 2. The first kappa shape index (κ1) is 17.1. The smallest absolute Gasteiger partial charge is 0.251 e. The maximum absolute atomic E-state index is 12.7. The molecule has 0 unspecified atom stereocenters. The van der Waals surface area contributed by atoms with Gasteiger partial charge in [0.25, 0.3) is 5.91 Å². The molecule has 0 spiro atoms. The van der Waals surface area contributed by atoms with Gasteiger partial charge in [-0.25, -0.2) is 4.98 Å². The Kier molecular flexibility index (Phi) is 4.32. The Morgan fingerprint density at radius 3 is 2.67 bits per heavy atom. The number of rotatable bonds is 4. The molecule has 138 valence electrons. The van der Waals surface area contributed by atoms with Gasteiger partial charge < -0.3 is 15.4 Å². The van der Waals surface area contributed by atoms with Crippen LogP contribution in [-0.2, 0) is 4.79 Å². The van der Waals surface area contributed by atoms with E-state index in [0.717, 1.165) is 34.0 Å². The van der Waals surface area contributed by atoms with Crippen molar-refractivity contribution in [2.24, 2.45) is 0 Å². The second-order valence-corrected chi connectivity index (χ2v) is 6.44. The van der Waals surface area contributed by atoms with E-state index in [1.165, 1.54) is 0 Å². The number of ether oxygens (including phenoxy) is 1. The van der Waals surface area contributed by atoms with Gasteiger partial charge in [0.15, 0.2) is 0 Å². The van der Waals surface area contributed by atoms with Crippen molar-refractivity contribution in [2.75, 3.05) is 19.0 Å². The van der Waals surface area contributed by atoms with Crippen molar-refractivity contribution in [1.29, 1.82) is 0 Å². The minimum absolute atomic E-state index is 0.109. The van der Waals surface area contributed by atoms with Crippen molar-refractivity contribution in [3.63, 3.8) is 0 Å². The molecule has 0 radical (unpaired) electrons. The van der Waals surface area contributed by atoms with Crippen LogP contribution in [0.2, 0.25) is 0 Å². The van der Waals surface area contributed by atoms with E-state index in [1.807, 2.05) is 62.4 Å². The topological polar surface area (TPSA) is 68.2 Å². The van der Waals surface area contributed by atoms with Gasteiger partial charge in [-0.3, -0.25) is 9.36 Å². The zero-order valence-electron chi connectivity index (χ0n) is 15.6. The molecule has 0 saturated heterocycles. The summed E-state index contributed by atoms with van der Waals surface area (Å²) >= 11 is 0. The van der Waals surface area contributed by atoms with E-state index in [-0.39, 0.29) is 11.9 Å². The summed E-state index contributed by atoms with van der Waals surface area (Å²) < 4.78 is 7.65. The van der Waals surface area contributed by atoms with Crippen molar-refractivity contribution in [3.05, 3.63) is 65.4 Å². The van der Waals surface area contributed by atoms with Gasteiger partial charge in [-0.15, -0.1) is 0 Å². The molecular weight excluding hydrogens is 340 g/mol. The van der Waals surface area contributed by atoms with Crippen molar-refractivity contribution in [3.8, 4) is 5.75 Å². The molecule has 1 atom stereocenters. The van der Waals surface area contributed by atoms with E-state index in [4.69, 9.17) is 9.72 Å². The fourth-order valence-electron chi connectivity index (χ4n) is 3.62. The van der Waals surface area contributed by atoms with Gasteiger partial charge in [0.05, 0.1) is 29.3 Å². The van der Waals surface area contributed by atoms with E-state index in [2.05, 4.69) is 15.2 Å². The van der Waals surface area contributed by atoms with Gasteiger partial charge in [0, 0.05) is 12.7 Å². The zero-order chi connectivity index (χ0) is 19.0. The Morgan fingerprint density at radius 2 is 1.96 bits per heavy atom. The molecule has 0 bridgehead atoms. The molecule has 2 aromatic carbocycles. The summed E-state index contributed by atoms with van der Waals surface area (Å²) in [6, 6.07) is 15.6. The lowest BCUT2D eigenvalue weighted by molar-refractivity contribution is -0.117. The first-order chi connectivity index (χ1) is 13.1. The molecule has 27 heavy (non-hydrogen) atoms. The lowest BCUT2D eigenvalue weighted by Crippen LogP contribution is -2.33. The fraction of sp³-hybridized carbons (Fsp3) is 0.238. The number of hydrogen-bond acceptors (Lipinski definition) is 4. The molecule has 1 aliphatic rings. The Balaban J connectivity index is 1.93. The second kappa shape index (κ2) is 6.79. The number of nitrogens with one attached hydrogen (secondary N) is 2. The van der Waals surface area contributed by atoms with Crippen molar-refractivity contribution in [1.82, 2.24) is 14.9 Å². The maximum atomic E-state index is 12.7. The highest BCUT2D eigenvalue weighted by molar-refractivity contribution is 5.97. The molecule has 1 aromatic heterocycles. The number of nitrogens with zero attached hydrogens (tertiary/aromatic N) is 2. The van der Waals surface area contributed by atoms with Crippen LogP contribution in [0.15, 0.2) is 59.8 Å². The normalized spacial score (nSPS) is 16.0. The number of anilines is 1. The quantitative estimate of drug-likeness (QED) is 0.746. The monoisotopic (exact) mass is 362 g/mol. The number of carbonyl (C=O) groups is 1. The summed E-state index contributed by atoms with van der Waals surface area (Å²) in [7, 11) is 1.65. The number of imidazole rings is 1. The zero-order valence-corrected chi connectivity index (χ0v) is 15.6. The molecule has 0 saturated carbocycles. The average Bonchev–Trinajstić information content (AvgIpc) is 3.05. The molecular formula is C21H22N4O2. The lowest BCUT2D eigenvalue weighted by atomic mass is 9.94. The van der Waals surface area contributed by atoms with Gasteiger partial charge in [-0.1, -0.05) is 24.3 Å². The number of allylic oxidation sites excluding steroid dienone is 1. The maximum Gasteiger partial charge on any atom is 0.251 e. The second-order valence-electron chi connectivity index (χ2n) is 6.44. The predicted octanol–water partition coefficient (Wildman–Crippen LogP) is 3.47. The standard InChI is InChI=1S/C21H22N4O2/c1-4-27-15-11-9-14(10-12-15)19-18(20(26)22-3)13(2)23-21-24-16-7-5-6-8-17(16)25(19)21/h5-12,19H,4H2,1-3H3,(H,22,26)(H,23,24)/t19-/m0/s1. The van der Waals surface area contributed by atoms with Gasteiger partial charge in [0.2, 0.25) is 5.95 Å². The summed E-state index contributed by atoms with van der Waals surface area (Å²) in [5.74, 6) is 1.44. The predicted molar refractivity (Wildman–Crippen MR) is 106 cm³/mol. The van der Waals surface area contributed by atoms with Gasteiger partial charge in [-0.05, 0) is 43.7 Å². The van der Waals surface area contributed by atoms with Crippen LogP contribution in [0.25, 0.3) is 11.0 Å².